The predicted molar refractivity (Wildman–Crippen MR) is 162 cm³/mol. The van der Waals surface area contributed by atoms with Crippen LogP contribution in [0.15, 0.2) is 39.9 Å². The van der Waals surface area contributed by atoms with Gasteiger partial charge in [-0.15, -0.1) is 0 Å². The Bertz CT molecular complexity index is 2170. The fraction of sp³-hybridized carbons (Fsp3) is 0.312. The van der Waals surface area contributed by atoms with Crippen LogP contribution in [0.1, 0.15) is 43.7 Å². The van der Waals surface area contributed by atoms with E-state index >= 15 is 0 Å². The summed E-state index contributed by atoms with van der Waals surface area (Å²) < 4.78 is 29.9. The molecular weight excluding hydrogens is 622 g/mol. The topological polar surface area (TPSA) is 154 Å². The van der Waals surface area contributed by atoms with Crippen molar-refractivity contribution >= 4 is 40.0 Å². The molecule has 2 aromatic carbocycles. The lowest BCUT2D eigenvalue weighted by Crippen LogP contribution is -2.57. The summed E-state index contributed by atoms with van der Waals surface area (Å²) in [6.07, 6.45) is 0.105. The zero-order valence-electron chi connectivity index (χ0n) is 25.1. The highest BCUT2D eigenvalue weighted by Crippen LogP contribution is 2.53. The summed E-state index contributed by atoms with van der Waals surface area (Å²) >= 11 is 6.52. The molecule has 0 fully saturated rings. The zero-order valence-corrected chi connectivity index (χ0v) is 25.9. The maximum Gasteiger partial charge on any atom is 0.332 e. The number of Topliss-reactive ketones (excluding diaryl/α,β-unsaturated/α-hetero) is 3. The van der Waals surface area contributed by atoms with E-state index in [-0.39, 0.29) is 62.1 Å². The summed E-state index contributed by atoms with van der Waals surface area (Å²) in [7, 11) is 4.18. The van der Waals surface area contributed by atoms with E-state index < -0.39 is 46.7 Å². The molecular formula is C32H26ClN3O10. The van der Waals surface area contributed by atoms with Crippen LogP contribution in [-0.4, -0.2) is 64.5 Å². The lowest BCUT2D eigenvalue weighted by molar-refractivity contribution is 0.0257. The number of hydrogen-bond donors (Lipinski definition) is 0. The number of aromatic nitrogens is 3. The molecule has 14 heteroatoms. The summed E-state index contributed by atoms with van der Waals surface area (Å²) in [5, 5.41) is -0.0827. The predicted octanol–water partition coefficient (Wildman–Crippen LogP) is 2.81. The lowest BCUT2D eigenvalue weighted by atomic mass is 9.71. The molecule has 3 aliphatic rings. The number of carbonyl (C=O) groups is 3. The van der Waals surface area contributed by atoms with Gasteiger partial charge in [0.2, 0.25) is 17.2 Å². The molecule has 1 aliphatic carbocycles. The molecule has 2 atom stereocenters. The van der Waals surface area contributed by atoms with E-state index in [1.165, 1.54) is 45.5 Å². The summed E-state index contributed by atoms with van der Waals surface area (Å²) in [5.74, 6) is -1.45. The van der Waals surface area contributed by atoms with Gasteiger partial charge in [-0.25, -0.2) is 9.78 Å². The van der Waals surface area contributed by atoms with Crippen molar-refractivity contribution in [3.05, 3.63) is 78.6 Å². The van der Waals surface area contributed by atoms with Gasteiger partial charge in [0.05, 0.1) is 31.8 Å². The third-order valence-corrected chi connectivity index (χ3v) is 9.11. The maximum absolute atomic E-state index is 14.3. The Morgan fingerprint density at radius 1 is 1.02 bits per heavy atom. The molecule has 13 nitrogen and oxygen atoms in total. The van der Waals surface area contributed by atoms with Crippen molar-refractivity contribution in [1.29, 1.82) is 0 Å². The van der Waals surface area contributed by atoms with E-state index in [4.69, 9.17) is 35.3 Å². The van der Waals surface area contributed by atoms with Crippen LogP contribution in [0.4, 0.5) is 0 Å². The van der Waals surface area contributed by atoms with E-state index in [1.54, 1.807) is 13.0 Å². The number of benzene rings is 2. The number of methoxy groups -OCH3 is 2. The van der Waals surface area contributed by atoms with Crippen LogP contribution >= 0.6 is 11.6 Å². The Labute approximate surface area is 265 Å². The Balaban J connectivity index is 1.32. The Hall–Kier alpha value is -5.17. The number of ether oxygens (including phenoxy) is 5. The fourth-order valence-corrected chi connectivity index (χ4v) is 6.60. The van der Waals surface area contributed by atoms with Gasteiger partial charge in [-0.05, 0) is 30.7 Å². The average Bonchev–Trinajstić information content (AvgIpc) is 3.38. The number of pyridine rings is 1. The smallest absolute Gasteiger partial charge is 0.332 e. The number of halogens is 1. The quantitative estimate of drug-likeness (QED) is 0.232. The van der Waals surface area contributed by atoms with E-state index in [2.05, 4.69) is 4.98 Å². The van der Waals surface area contributed by atoms with Gasteiger partial charge in [0.1, 0.15) is 40.9 Å². The van der Waals surface area contributed by atoms with Gasteiger partial charge in [-0.1, -0.05) is 18.5 Å². The molecule has 236 valence electrons. The zero-order chi connectivity index (χ0) is 32.7. The van der Waals surface area contributed by atoms with Crippen molar-refractivity contribution in [2.45, 2.75) is 25.5 Å². The van der Waals surface area contributed by atoms with Crippen LogP contribution in [0, 0.1) is 5.92 Å². The van der Waals surface area contributed by atoms with Gasteiger partial charge in [-0.3, -0.25) is 28.3 Å². The normalized spacial score (nSPS) is 19.5. The SMILES string of the molecule is COc1cc(OC)c2c(c1Cl)OC1(C(=O)c3cc4c(=O)n(CC(=O)c5ccc6c(c5)OCCO6)c(=O)n(C)c4nc3CC1C)C2=O. The Kier molecular flexibility index (Phi) is 6.71. The van der Waals surface area contributed by atoms with E-state index in [0.29, 0.717) is 24.7 Å². The number of aryl methyl sites for hydroxylation is 1. The first-order valence-electron chi connectivity index (χ1n) is 14.3. The monoisotopic (exact) mass is 647 g/mol. The molecule has 0 N–H and O–H groups in total. The first-order valence-corrected chi connectivity index (χ1v) is 14.7. The molecule has 1 spiro atoms. The molecule has 46 heavy (non-hydrogen) atoms. The lowest BCUT2D eigenvalue weighted by Gasteiger charge is -2.36. The van der Waals surface area contributed by atoms with E-state index in [0.717, 1.165) is 9.13 Å². The van der Waals surface area contributed by atoms with Gasteiger partial charge < -0.3 is 23.7 Å². The van der Waals surface area contributed by atoms with E-state index in [1.807, 2.05) is 0 Å². The number of ketones is 3. The first-order chi connectivity index (χ1) is 22.0. The summed E-state index contributed by atoms with van der Waals surface area (Å²) in [6.45, 7) is 1.80. The highest BCUT2D eigenvalue weighted by atomic mass is 35.5. The summed E-state index contributed by atoms with van der Waals surface area (Å²) in [5.41, 5.74) is -3.07. The highest BCUT2D eigenvalue weighted by molar-refractivity contribution is 6.36. The van der Waals surface area contributed by atoms with E-state index in [9.17, 15) is 24.0 Å². The van der Waals surface area contributed by atoms with Crippen molar-refractivity contribution in [1.82, 2.24) is 14.1 Å². The Morgan fingerprint density at radius 3 is 2.46 bits per heavy atom. The second-order valence-electron chi connectivity index (χ2n) is 11.3. The van der Waals surface area contributed by atoms with Crippen LogP contribution in [0.3, 0.4) is 0 Å². The molecule has 2 unspecified atom stereocenters. The molecule has 0 saturated heterocycles. The van der Waals surface area contributed by atoms with Crippen molar-refractivity contribution in [2.75, 3.05) is 27.4 Å². The maximum atomic E-state index is 14.3. The molecule has 2 aromatic heterocycles. The number of fused-ring (bicyclic) bond motifs is 4. The van der Waals surface area contributed by atoms with Crippen molar-refractivity contribution in [3.63, 3.8) is 0 Å². The largest absolute Gasteiger partial charge is 0.496 e. The Morgan fingerprint density at radius 2 is 1.74 bits per heavy atom. The van der Waals surface area contributed by atoms with Crippen molar-refractivity contribution < 1.29 is 38.1 Å². The molecule has 4 heterocycles. The van der Waals surface area contributed by atoms with Crippen LogP contribution in [-0.2, 0) is 20.0 Å². The third kappa shape index (κ3) is 4.00. The second kappa shape index (κ2) is 10.4. The van der Waals surface area contributed by atoms with Gasteiger partial charge in [-0.2, -0.15) is 0 Å². The van der Waals surface area contributed by atoms with Crippen molar-refractivity contribution in [3.8, 4) is 28.7 Å². The van der Waals surface area contributed by atoms with Gasteiger partial charge in [0, 0.05) is 30.2 Å². The molecule has 7 rings (SSSR count). The van der Waals surface area contributed by atoms with Crippen molar-refractivity contribution in [2.24, 2.45) is 13.0 Å². The minimum atomic E-state index is -2.01. The minimum absolute atomic E-state index is 0.00604. The van der Waals surface area contributed by atoms with Gasteiger partial charge >= 0.3 is 5.69 Å². The molecule has 0 saturated carbocycles. The standard InChI is InChI=1S/C32H26ClN3O10/c1-14-9-18-16(27(38)32(14)28(39)24-22(42-3)12-23(43-4)25(33)26(24)46-32)11-17-29(34-18)35(2)31(41)36(30(17)40)13-19(37)15-5-6-20-21(10-15)45-8-7-44-20/h5-6,10-12,14H,7-9,13H2,1-4H3. The number of rotatable bonds is 5. The second-order valence-corrected chi connectivity index (χ2v) is 11.6. The number of nitrogens with zero attached hydrogens (tertiary/aromatic N) is 3. The van der Waals surface area contributed by atoms with Gasteiger partial charge in [0.25, 0.3) is 5.56 Å². The molecule has 0 amide bonds. The average molecular weight is 648 g/mol. The molecule has 0 bridgehead atoms. The molecule has 4 aromatic rings. The summed E-state index contributed by atoms with van der Waals surface area (Å²) in [4.78, 5) is 73.3. The highest BCUT2D eigenvalue weighted by Gasteiger charge is 2.62. The van der Waals surface area contributed by atoms with Crippen LogP contribution in [0.2, 0.25) is 5.02 Å². The third-order valence-electron chi connectivity index (χ3n) is 8.75. The first kappa shape index (κ1) is 29.5. The van der Waals surface area contributed by atoms with Crippen LogP contribution < -0.4 is 34.9 Å². The number of hydrogen-bond acceptors (Lipinski definition) is 11. The van der Waals surface area contributed by atoms with Crippen LogP contribution in [0.25, 0.3) is 11.0 Å². The number of carbonyl (C=O) groups excluding carboxylic acids is 3. The van der Waals surface area contributed by atoms with Crippen LogP contribution in [0.5, 0.6) is 28.7 Å². The molecule has 0 radical (unpaired) electrons. The minimum Gasteiger partial charge on any atom is -0.496 e. The molecule has 2 aliphatic heterocycles. The summed E-state index contributed by atoms with van der Waals surface area (Å²) in [6, 6.07) is 7.36. The van der Waals surface area contributed by atoms with Gasteiger partial charge in [0.15, 0.2) is 23.0 Å². The fourth-order valence-electron chi connectivity index (χ4n) is 6.33.